The molecule has 0 aliphatic heterocycles. The normalized spacial score (nSPS) is 9.95. The average Bonchev–Trinajstić information content (AvgIpc) is 2.45. The lowest BCUT2D eigenvalue weighted by Crippen LogP contribution is -2.33. The van der Waals surface area contributed by atoms with Gasteiger partial charge >= 0.3 is 0 Å². The van der Waals surface area contributed by atoms with Crippen molar-refractivity contribution >= 4 is 5.70 Å². The SMILES string of the molecule is C=C(NCN(CC)CCC)c1c(C)cccc1C.CC. The summed E-state index contributed by atoms with van der Waals surface area (Å²) in [6, 6.07) is 6.37. The van der Waals surface area contributed by atoms with Crippen LogP contribution < -0.4 is 5.32 Å². The Morgan fingerprint density at radius 2 is 1.70 bits per heavy atom. The van der Waals surface area contributed by atoms with Crippen LogP contribution in [0, 0.1) is 13.8 Å². The number of hydrogen-bond acceptors (Lipinski definition) is 2. The predicted molar refractivity (Wildman–Crippen MR) is 91.8 cm³/mol. The Hall–Kier alpha value is -1.28. The first-order valence-electron chi connectivity index (χ1n) is 7.81. The third kappa shape index (κ3) is 5.79. The maximum Gasteiger partial charge on any atom is 0.0678 e. The van der Waals surface area contributed by atoms with Gasteiger partial charge in [0.05, 0.1) is 6.67 Å². The third-order valence-electron chi connectivity index (χ3n) is 3.29. The van der Waals surface area contributed by atoms with Crippen molar-refractivity contribution in [3.8, 4) is 0 Å². The van der Waals surface area contributed by atoms with Crippen LogP contribution in [0.4, 0.5) is 0 Å². The van der Waals surface area contributed by atoms with Gasteiger partial charge in [-0.05, 0) is 44.5 Å². The molecule has 0 fully saturated rings. The highest BCUT2D eigenvalue weighted by atomic mass is 15.2. The van der Waals surface area contributed by atoms with Gasteiger partial charge in [-0.25, -0.2) is 0 Å². The number of nitrogens with zero attached hydrogens (tertiary/aromatic N) is 1. The van der Waals surface area contributed by atoms with Crippen LogP contribution in [0.3, 0.4) is 0 Å². The monoisotopic (exact) mass is 276 g/mol. The van der Waals surface area contributed by atoms with Gasteiger partial charge in [0.15, 0.2) is 0 Å². The minimum Gasteiger partial charge on any atom is -0.372 e. The van der Waals surface area contributed by atoms with E-state index < -0.39 is 0 Å². The Morgan fingerprint density at radius 3 is 2.15 bits per heavy atom. The second-order valence-electron chi connectivity index (χ2n) is 4.79. The Morgan fingerprint density at radius 1 is 1.15 bits per heavy atom. The fourth-order valence-corrected chi connectivity index (χ4v) is 2.25. The molecule has 2 nitrogen and oxygen atoms in total. The first kappa shape index (κ1) is 18.7. The molecule has 0 amide bonds. The molecule has 0 radical (unpaired) electrons. The van der Waals surface area contributed by atoms with Crippen molar-refractivity contribution in [3.63, 3.8) is 0 Å². The molecule has 1 N–H and O–H groups in total. The van der Waals surface area contributed by atoms with Crippen molar-refractivity contribution in [2.45, 2.75) is 48.0 Å². The van der Waals surface area contributed by atoms with E-state index in [0.29, 0.717) is 0 Å². The summed E-state index contributed by atoms with van der Waals surface area (Å²) in [6.07, 6.45) is 1.19. The molecule has 1 aromatic carbocycles. The standard InChI is InChI=1S/C16H26N2.C2H6/c1-6-11-18(7-2)12-17-15(5)16-13(3)9-8-10-14(16)4;1-2/h8-10,17H,5-7,11-12H2,1-4H3;1-2H3. The summed E-state index contributed by atoms with van der Waals surface area (Å²) in [7, 11) is 0. The lowest BCUT2D eigenvalue weighted by molar-refractivity contribution is 0.281. The maximum atomic E-state index is 4.18. The van der Waals surface area contributed by atoms with E-state index in [9.17, 15) is 0 Å². The molecule has 1 aromatic rings. The molecule has 20 heavy (non-hydrogen) atoms. The Bertz CT molecular complexity index is 376. The van der Waals surface area contributed by atoms with Gasteiger partial charge in [0.2, 0.25) is 0 Å². The predicted octanol–water partition coefficient (Wildman–Crippen LogP) is 4.58. The second-order valence-corrected chi connectivity index (χ2v) is 4.79. The minimum absolute atomic E-state index is 0.872. The first-order chi connectivity index (χ1) is 9.60. The van der Waals surface area contributed by atoms with E-state index in [1.807, 2.05) is 13.8 Å². The number of aryl methyl sites for hydroxylation is 2. The topological polar surface area (TPSA) is 15.3 Å². The largest absolute Gasteiger partial charge is 0.372 e. The third-order valence-corrected chi connectivity index (χ3v) is 3.29. The molecule has 0 saturated carbocycles. The molecule has 0 unspecified atom stereocenters. The van der Waals surface area contributed by atoms with Crippen molar-refractivity contribution in [1.29, 1.82) is 0 Å². The van der Waals surface area contributed by atoms with Crippen molar-refractivity contribution in [3.05, 3.63) is 41.5 Å². The van der Waals surface area contributed by atoms with Crippen LogP contribution in [0.2, 0.25) is 0 Å². The molecule has 2 heteroatoms. The summed E-state index contributed by atoms with van der Waals surface area (Å²) in [5, 5.41) is 3.45. The van der Waals surface area contributed by atoms with E-state index in [0.717, 1.165) is 25.5 Å². The number of benzene rings is 1. The minimum atomic E-state index is 0.872. The highest BCUT2D eigenvalue weighted by Gasteiger charge is 2.07. The molecular weight excluding hydrogens is 244 g/mol. The van der Waals surface area contributed by atoms with Crippen molar-refractivity contribution < 1.29 is 0 Å². The fraction of sp³-hybridized carbons (Fsp3) is 0.556. The van der Waals surface area contributed by atoms with Gasteiger partial charge in [-0.1, -0.05) is 52.5 Å². The fourth-order valence-electron chi connectivity index (χ4n) is 2.25. The summed E-state index contributed by atoms with van der Waals surface area (Å²) in [5.41, 5.74) is 4.85. The molecule has 0 heterocycles. The van der Waals surface area contributed by atoms with E-state index >= 15 is 0 Å². The van der Waals surface area contributed by atoms with Crippen molar-refractivity contribution in [2.24, 2.45) is 0 Å². The summed E-state index contributed by atoms with van der Waals surface area (Å²) < 4.78 is 0. The number of nitrogens with one attached hydrogen (secondary N) is 1. The molecule has 1 rings (SSSR count). The zero-order valence-electron chi connectivity index (χ0n) is 14.2. The molecule has 0 spiro atoms. The Balaban J connectivity index is 0.00000172. The highest BCUT2D eigenvalue weighted by molar-refractivity contribution is 5.67. The quantitative estimate of drug-likeness (QED) is 0.733. The molecule has 0 aliphatic rings. The zero-order valence-corrected chi connectivity index (χ0v) is 14.2. The van der Waals surface area contributed by atoms with E-state index in [1.54, 1.807) is 0 Å². The van der Waals surface area contributed by atoms with Crippen LogP contribution in [-0.2, 0) is 0 Å². The van der Waals surface area contributed by atoms with E-state index in [1.165, 1.54) is 23.1 Å². The Kier molecular flexibility index (Phi) is 9.83. The van der Waals surface area contributed by atoms with Gasteiger partial charge in [-0.2, -0.15) is 0 Å². The second kappa shape index (κ2) is 10.5. The molecule has 0 saturated heterocycles. The summed E-state index contributed by atoms with van der Waals surface area (Å²) in [5.74, 6) is 0. The van der Waals surface area contributed by atoms with Gasteiger partial charge in [-0.3, -0.25) is 4.90 Å². The van der Waals surface area contributed by atoms with Gasteiger partial charge < -0.3 is 5.32 Å². The Labute approximate surface area is 125 Å². The van der Waals surface area contributed by atoms with E-state index in [-0.39, 0.29) is 0 Å². The molecule has 0 bridgehead atoms. The highest BCUT2D eigenvalue weighted by Crippen LogP contribution is 2.19. The molecule has 0 atom stereocenters. The smallest absolute Gasteiger partial charge is 0.0678 e. The molecule has 0 aromatic heterocycles. The van der Waals surface area contributed by atoms with Crippen LogP contribution in [0.15, 0.2) is 24.8 Å². The number of rotatable bonds is 7. The average molecular weight is 276 g/mol. The van der Waals surface area contributed by atoms with Crippen LogP contribution in [0.25, 0.3) is 5.70 Å². The van der Waals surface area contributed by atoms with E-state index in [4.69, 9.17) is 0 Å². The maximum absolute atomic E-state index is 4.18. The van der Waals surface area contributed by atoms with Crippen molar-refractivity contribution in [2.75, 3.05) is 19.8 Å². The van der Waals surface area contributed by atoms with Gasteiger partial charge in [-0.15, -0.1) is 0 Å². The van der Waals surface area contributed by atoms with Crippen LogP contribution in [-0.4, -0.2) is 24.7 Å². The van der Waals surface area contributed by atoms with Gasteiger partial charge in [0.25, 0.3) is 0 Å². The lowest BCUT2D eigenvalue weighted by Gasteiger charge is -2.22. The van der Waals surface area contributed by atoms with Crippen LogP contribution >= 0.6 is 0 Å². The number of hydrogen-bond donors (Lipinski definition) is 1. The zero-order chi connectivity index (χ0) is 15.5. The van der Waals surface area contributed by atoms with Crippen LogP contribution in [0.1, 0.15) is 50.8 Å². The van der Waals surface area contributed by atoms with Gasteiger partial charge in [0, 0.05) is 11.3 Å². The van der Waals surface area contributed by atoms with Gasteiger partial charge in [0.1, 0.15) is 0 Å². The van der Waals surface area contributed by atoms with Crippen molar-refractivity contribution in [1.82, 2.24) is 10.2 Å². The lowest BCUT2D eigenvalue weighted by atomic mass is 10.0. The summed E-state index contributed by atoms with van der Waals surface area (Å²) in [6.45, 7) is 19.9. The molecule has 0 aliphatic carbocycles. The first-order valence-corrected chi connectivity index (χ1v) is 7.81. The van der Waals surface area contributed by atoms with E-state index in [2.05, 4.69) is 62.7 Å². The summed E-state index contributed by atoms with van der Waals surface area (Å²) >= 11 is 0. The summed E-state index contributed by atoms with van der Waals surface area (Å²) in [4.78, 5) is 2.39. The molecule has 114 valence electrons. The molecular formula is C18H32N2. The van der Waals surface area contributed by atoms with Crippen LogP contribution in [0.5, 0.6) is 0 Å².